The number of nitrogens with zero attached hydrogens (tertiary/aromatic N) is 2. The van der Waals surface area contributed by atoms with Crippen LogP contribution in [0, 0.1) is 6.92 Å². The van der Waals surface area contributed by atoms with Crippen molar-refractivity contribution in [3.05, 3.63) is 22.1 Å². The molecule has 1 fully saturated rings. The van der Waals surface area contributed by atoms with Crippen LogP contribution in [-0.2, 0) is 9.59 Å². The van der Waals surface area contributed by atoms with Crippen LogP contribution in [0.2, 0.25) is 0 Å². The molecular formula is C19H27N5O3S. The number of fused-ring (bicyclic) bond motifs is 1. The molecule has 9 heteroatoms. The van der Waals surface area contributed by atoms with Crippen molar-refractivity contribution in [2.24, 2.45) is 0 Å². The highest BCUT2D eigenvalue weighted by molar-refractivity contribution is 7.99. The zero-order valence-corrected chi connectivity index (χ0v) is 17.2. The van der Waals surface area contributed by atoms with Crippen molar-refractivity contribution in [3.63, 3.8) is 0 Å². The molecule has 0 aromatic carbocycles. The van der Waals surface area contributed by atoms with E-state index in [-0.39, 0.29) is 29.2 Å². The summed E-state index contributed by atoms with van der Waals surface area (Å²) in [5, 5.41) is 3.36. The average molecular weight is 406 g/mol. The predicted octanol–water partition coefficient (Wildman–Crippen LogP) is 2.44. The lowest BCUT2D eigenvalue weighted by Crippen LogP contribution is -2.38. The minimum absolute atomic E-state index is 0.0806. The molecule has 0 radical (unpaired) electrons. The lowest BCUT2D eigenvalue weighted by molar-refractivity contribution is -0.119. The predicted molar refractivity (Wildman–Crippen MR) is 110 cm³/mol. The molecule has 1 aliphatic rings. The molecule has 1 saturated carbocycles. The second-order valence-corrected chi connectivity index (χ2v) is 8.17. The minimum Gasteiger partial charge on any atom is -0.353 e. The molecule has 3 rings (SSSR count). The number of aromatic nitrogens is 3. The fourth-order valence-electron chi connectivity index (χ4n) is 3.43. The number of rotatable bonds is 7. The second-order valence-electron chi connectivity index (χ2n) is 7.22. The van der Waals surface area contributed by atoms with Gasteiger partial charge in [-0.2, -0.15) is 4.68 Å². The third-order valence-corrected chi connectivity index (χ3v) is 5.71. The summed E-state index contributed by atoms with van der Waals surface area (Å²) in [5.74, 6) is -0.202. The monoisotopic (exact) mass is 405 g/mol. The molecule has 3 N–H and O–H groups in total. The Labute approximate surface area is 167 Å². The molecule has 0 aliphatic heterocycles. The maximum absolute atomic E-state index is 12.8. The smallest absolute Gasteiger partial charge is 0.297 e. The molecule has 1 aliphatic carbocycles. The number of hydrogen-bond donors (Lipinski definition) is 3. The van der Waals surface area contributed by atoms with Crippen LogP contribution in [0.4, 0.5) is 0 Å². The highest BCUT2D eigenvalue weighted by atomic mass is 32.2. The SMILES string of the molecule is CCCC(=O)Nn1c(SCC(=O)NC2CCCCC2)nc2cc(C)[nH]c2c1=O. The van der Waals surface area contributed by atoms with E-state index in [2.05, 4.69) is 20.7 Å². The molecule has 2 heterocycles. The van der Waals surface area contributed by atoms with E-state index in [4.69, 9.17) is 0 Å². The Morgan fingerprint density at radius 3 is 2.75 bits per heavy atom. The zero-order valence-electron chi connectivity index (χ0n) is 16.3. The van der Waals surface area contributed by atoms with Gasteiger partial charge in [0.25, 0.3) is 5.56 Å². The van der Waals surface area contributed by atoms with E-state index in [1.165, 1.54) is 6.42 Å². The van der Waals surface area contributed by atoms with Gasteiger partial charge in [0.05, 0.1) is 11.3 Å². The van der Waals surface area contributed by atoms with Crippen molar-refractivity contribution in [3.8, 4) is 0 Å². The molecule has 152 valence electrons. The largest absolute Gasteiger partial charge is 0.353 e. The number of aromatic amines is 1. The van der Waals surface area contributed by atoms with E-state index >= 15 is 0 Å². The average Bonchev–Trinajstić information content (AvgIpc) is 3.04. The van der Waals surface area contributed by atoms with Crippen LogP contribution in [0.3, 0.4) is 0 Å². The van der Waals surface area contributed by atoms with Crippen molar-refractivity contribution in [2.75, 3.05) is 11.2 Å². The second kappa shape index (κ2) is 9.27. The summed E-state index contributed by atoms with van der Waals surface area (Å²) in [6.45, 7) is 3.73. The molecule has 2 aromatic heterocycles. The number of nitrogens with one attached hydrogen (secondary N) is 3. The van der Waals surface area contributed by atoms with Crippen molar-refractivity contribution < 1.29 is 9.59 Å². The molecule has 0 spiro atoms. The van der Waals surface area contributed by atoms with Crippen molar-refractivity contribution >= 4 is 34.6 Å². The van der Waals surface area contributed by atoms with Crippen molar-refractivity contribution in [1.29, 1.82) is 0 Å². The van der Waals surface area contributed by atoms with E-state index in [9.17, 15) is 14.4 Å². The molecule has 0 unspecified atom stereocenters. The van der Waals surface area contributed by atoms with Gasteiger partial charge in [0.2, 0.25) is 11.8 Å². The van der Waals surface area contributed by atoms with E-state index in [0.717, 1.165) is 47.8 Å². The Bertz CT molecular complexity index is 914. The maximum Gasteiger partial charge on any atom is 0.297 e. The van der Waals surface area contributed by atoms with E-state index in [0.29, 0.717) is 29.0 Å². The van der Waals surface area contributed by atoms with E-state index < -0.39 is 0 Å². The maximum atomic E-state index is 12.8. The van der Waals surface area contributed by atoms with Crippen LogP contribution in [0.15, 0.2) is 16.0 Å². The summed E-state index contributed by atoms with van der Waals surface area (Å²) in [6.07, 6.45) is 6.52. The van der Waals surface area contributed by atoms with Crippen LogP contribution in [0.5, 0.6) is 0 Å². The number of H-pyrrole nitrogens is 1. The fraction of sp³-hybridized carbons (Fsp3) is 0.579. The molecule has 2 aromatic rings. The molecule has 8 nitrogen and oxygen atoms in total. The number of amides is 2. The minimum atomic E-state index is -0.377. The van der Waals surface area contributed by atoms with Gasteiger partial charge in [-0.05, 0) is 32.3 Å². The van der Waals surface area contributed by atoms with Crippen LogP contribution >= 0.6 is 11.8 Å². The summed E-state index contributed by atoms with van der Waals surface area (Å²) in [5.41, 5.74) is 3.91. The Morgan fingerprint density at radius 2 is 2.04 bits per heavy atom. The third kappa shape index (κ3) is 4.95. The normalized spacial score (nSPS) is 14.9. The van der Waals surface area contributed by atoms with Gasteiger partial charge >= 0.3 is 0 Å². The number of hydrogen-bond acceptors (Lipinski definition) is 5. The first-order valence-corrected chi connectivity index (χ1v) is 10.8. The first-order valence-electron chi connectivity index (χ1n) is 9.82. The zero-order chi connectivity index (χ0) is 20.1. The summed E-state index contributed by atoms with van der Waals surface area (Å²) in [6, 6.07) is 2.01. The van der Waals surface area contributed by atoms with Crippen LogP contribution in [0.25, 0.3) is 11.0 Å². The number of carbonyl (C=O) groups is 2. The fourth-order valence-corrected chi connectivity index (χ4v) is 4.19. The van der Waals surface area contributed by atoms with Crippen LogP contribution in [-0.4, -0.2) is 38.3 Å². The van der Waals surface area contributed by atoms with Gasteiger partial charge in [-0.1, -0.05) is 37.9 Å². The lowest BCUT2D eigenvalue weighted by Gasteiger charge is -2.22. The summed E-state index contributed by atoms with van der Waals surface area (Å²) in [4.78, 5) is 44.7. The molecular weight excluding hydrogens is 378 g/mol. The van der Waals surface area contributed by atoms with Crippen LogP contribution < -0.4 is 16.3 Å². The Hall–Kier alpha value is -2.29. The highest BCUT2D eigenvalue weighted by Crippen LogP contribution is 2.20. The van der Waals surface area contributed by atoms with Gasteiger partial charge in [-0.25, -0.2) is 4.98 Å². The number of thioether (sulfide) groups is 1. The van der Waals surface area contributed by atoms with Gasteiger partial charge in [-0.15, -0.1) is 0 Å². The standard InChI is InChI=1S/C19H27N5O3S/c1-3-7-15(25)23-24-18(27)17-14(10-12(2)20-17)22-19(24)28-11-16(26)21-13-8-5-4-6-9-13/h10,13,20H,3-9,11H2,1-2H3,(H,21,26)(H,23,25). The van der Waals surface area contributed by atoms with Crippen molar-refractivity contribution in [1.82, 2.24) is 20.0 Å². The molecule has 28 heavy (non-hydrogen) atoms. The Balaban J connectivity index is 1.78. The lowest BCUT2D eigenvalue weighted by atomic mass is 9.95. The highest BCUT2D eigenvalue weighted by Gasteiger charge is 2.19. The molecule has 0 saturated heterocycles. The Morgan fingerprint density at radius 1 is 1.29 bits per heavy atom. The van der Waals surface area contributed by atoms with E-state index in [1.807, 2.05) is 13.8 Å². The third-order valence-electron chi connectivity index (χ3n) is 4.77. The summed E-state index contributed by atoms with van der Waals surface area (Å²) >= 11 is 1.15. The van der Waals surface area contributed by atoms with E-state index in [1.54, 1.807) is 6.07 Å². The summed E-state index contributed by atoms with van der Waals surface area (Å²) in [7, 11) is 0. The molecule has 2 amide bonds. The van der Waals surface area contributed by atoms with Crippen molar-refractivity contribution in [2.45, 2.75) is 70.0 Å². The van der Waals surface area contributed by atoms with Crippen LogP contribution in [0.1, 0.15) is 57.6 Å². The quantitative estimate of drug-likeness (QED) is 0.484. The summed E-state index contributed by atoms with van der Waals surface area (Å²) < 4.78 is 1.15. The first kappa shape index (κ1) is 20.4. The number of carbonyl (C=O) groups excluding carboxylic acids is 2. The molecule has 0 atom stereocenters. The van der Waals surface area contributed by atoms with Gasteiger partial charge in [0.1, 0.15) is 5.52 Å². The Kier molecular flexibility index (Phi) is 6.77. The topological polar surface area (TPSA) is 109 Å². The van der Waals surface area contributed by atoms with Gasteiger partial charge in [0, 0.05) is 18.2 Å². The molecule has 0 bridgehead atoms. The first-order chi connectivity index (χ1) is 13.5. The van der Waals surface area contributed by atoms with Gasteiger partial charge in [-0.3, -0.25) is 19.8 Å². The van der Waals surface area contributed by atoms with Gasteiger partial charge < -0.3 is 10.3 Å². The number of aryl methyl sites for hydroxylation is 1. The van der Waals surface area contributed by atoms with Gasteiger partial charge in [0.15, 0.2) is 5.16 Å².